The highest BCUT2D eigenvalue weighted by atomic mass is 16.4. The first-order valence-electron chi connectivity index (χ1n) is 10.5. The van der Waals surface area contributed by atoms with Crippen LogP contribution in [0.15, 0.2) is 30.4 Å². The predicted octanol–water partition coefficient (Wildman–Crippen LogP) is 4.58. The van der Waals surface area contributed by atoms with Gasteiger partial charge in [0.25, 0.3) is 0 Å². The number of hydrogen-bond acceptors (Lipinski definition) is 2. The minimum atomic E-state index is -1.10. The number of hydrogen-bond donors (Lipinski definition) is 2. The molecule has 3 atom stereocenters. The molecule has 2 N–H and O–H groups in total. The molecule has 2 aliphatic carbocycles. The number of carbonyl (C=O) groups is 2. The SMILES string of the molecule is CC(C)c1ccc2c(c1)CCC1C(C)(CNC(=O)/C=C/C(=O)O)CCCC21C. The minimum absolute atomic E-state index is 0.0220. The number of fused-ring (bicyclic) bond motifs is 3. The Morgan fingerprint density at radius 2 is 2.00 bits per heavy atom. The van der Waals surface area contributed by atoms with Gasteiger partial charge in [0.15, 0.2) is 0 Å². The lowest BCUT2D eigenvalue weighted by molar-refractivity contribution is -0.131. The van der Waals surface area contributed by atoms with Crippen molar-refractivity contribution in [2.24, 2.45) is 11.3 Å². The Kier molecular flexibility index (Phi) is 5.69. The molecule has 1 amide bonds. The summed E-state index contributed by atoms with van der Waals surface area (Å²) in [5.74, 6) is -0.374. The van der Waals surface area contributed by atoms with Crippen molar-refractivity contribution in [2.45, 2.75) is 71.1 Å². The molecule has 0 heterocycles. The summed E-state index contributed by atoms with van der Waals surface area (Å²) < 4.78 is 0. The molecule has 3 unspecified atom stereocenters. The second kappa shape index (κ2) is 7.73. The maximum atomic E-state index is 12.0. The van der Waals surface area contributed by atoms with Crippen LogP contribution < -0.4 is 5.32 Å². The first-order chi connectivity index (χ1) is 13.2. The van der Waals surface area contributed by atoms with E-state index in [2.05, 4.69) is 51.2 Å². The second-order valence-electron chi connectivity index (χ2n) is 9.48. The Hall–Kier alpha value is -2.10. The van der Waals surface area contributed by atoms with Gasteiger partial charge in [0.1, 0.15) is 0 Å². The van der Waals surface area contributed by atoms with Crippen LogP contribution in [0.4, 0.5) is 0 Å². The maximum absolute atomic E-state index is 12.0. The third kappa shape index (κ3) is 3.87. The summed E-state index contributed by atoms with van der Waals surface area (Å²) in [5, 5.41) is 11.7. The van der Waals surface area contributed by atoms with Crippen molar-refractivity contribution in [2.75, 3.05) is 6.54 Å². The predicted molar refractivity (Wildman–Crippen MR) is 111 cm³/mol. The first-order valence-corrected chi connectivity index (χ1v) is 10.5. The molecule has 0 saturated heterocycles. The van der Waals surface area contributed by atoms with Crippen molar-refractivity contribution >= 4 is 11.9 Å². The van der Waals surface area contributed by atoms with E-state index in [9.17, 15) is 9.59 Å². The Morgan fingerprint density at radius 1 is 1.25 bits per heavy atom. The van der Waals surface area contributed by atoms with E-state index in [1.807, 2.05) is 0 Å². The summed E-state index contributed by atoms with van der Waals surface area (Å²) in [7, 11) is 0. The van der Waals surface area contributed by atoms with E-state index < -0.39 is 5.97 Å². The Balaban J connectivity index is 1.82. The van der Waals surface area contributed by atoms with Gasteiger partial charge >= 0.3 is 5.97 Å². The van der Waals surface area contributed by atoms with Crippen molar-refractivity contribution in [3.63, 3.8) is 0 Å². The molecule has 28 heavy (non-hydrogen) atoms. The van der Waals surface area contributed by atoms with Crippen molar-refractivity contribution in [1.82, 2.24) is 5.32 Å². The molecular formula is C24H33NO3. The van der Waals surface area contributed by atoms with E-state index in [-0.39, 0.29) is 16.7 Å². The number of amides is 1. The van der Waals surface area contributed by atoms with Crippen LogP contribution >= 0.6 is 0 Å². The highest BCUT2D eigenvalue weighted by Crippen LogP contribution is 2.57. The number of benzene rings is 1. The molecule has 3 rings (SSSR count). The van der Waals surface area contributed by atoms with Crippen LogP contribution in [0.2, 0.25) is 0 Å². The summed E-state index contributed by atoms with van der Waals surface area (Å²) >= 11 is 0. The molecular weight excluding hydrogens is 350 g/mol. The average molecular weight is 384 g/mol. The fourth-order valence-electron chi connectivity index (χ4n) is 5.71. The smallest absolute Gasteiger partial charge is 0.328 e. The van der Waals surface area contributed by atoms with E-state index in [0.29, 0.717) is 18.4 Å². The lowest BCUT2D eigenvalue weighted by Crippen LogP contribution is -2.53. The Morgan fingerprint density at radius 3 is 2.68 bits per heavy atom. The molecule has 2 aliphatic rings. The van der Waals surface area contributed by atoms with Gasteiger partial charge in [-0.1, -0.05) is 52.3 Å². The van der Waals surface area contributed by atoms with Crippen LogP contribution in [-0.2, 0) is 21.4 Å². The molecule has 0 aromatic heterocycles. The Labute approximate surface area is 168 Å². The molecule has 4 heteroatoms. The summed E-state index contributed by atoms with van der Waals surface area (Å²) in [6.07, 6.45) is 7.67. The van der Waals surface area contributed by atoms with E-state index in [0.717, 1.165) is 37.8 Å². The number of aliphatic carboxylic acids is 1. The highest BCUT2D eigenvalue weighted by molar-refractivity contribution is 5.93. The van der Waals surface area contributed by atoms with Gasteiger partial charge in [-0.25, -0.2) is 4.79 Å². The van der Waals surface area contributed by atoms with Crippen molar-refractivity contribution < 1.29 is 14.7 Å². The monoisotopic (exact) mass is 383 g/mol. The highest BCUT2D eigenvalue weighted by Gasteiger charge is 2.51. The third-order valence-electron chi connectivity index (χ3n) is 7.21. The lowest BCUT2D eigenvalue weighted by Gasteiger charge is -2.55. The molecule has 0 radical (unpaired) electrons. The largest absolute Gasteiger partial charge is 0.478 e. The maximum Gasteiger partial charge on any atom is 0.328 e. The number of carboxylic acid groups (broad SMARTS) is 1. The number of nitrogens with one attached hydrogen (secondary N) is 1. The van der Waals surface area contributed by atoms with Crippen LogP contribution in [0, 0.1) is 11.3 Å². The van der Waals surface area contributed by atoms with E-state index in [1.54, 1.807) is 0 Å². The topological polar surface area (TPSA) is 66.4 Å². The molecule has 152 valence electrons. The van der Waals surface area contributed by atoms with Gasteiger partial charge in [-0.2, -0.15) is 0 Å². The average Bonchev–Trinajstić information content (AvgIpc) is 2.64. The second-order valence-corrected chi connectivity index (χ2v) is 9.48. The molecule has 4 nitrogen and oxygen atoms in total. The van der Waals surface area contributed by atoms with Crippen molar-refractivity contribution in [1.29, 1.82) is 0 Å². The van der Waals surface area contributed by atoms with Crippen LogP contribution in [0.3, 0.4) is 0 Å². The normalized spacial score (nSPS) is 29.4. The van der Waals surface area contributed by atoms with E-state index >= 15 is 0 Å². The number of carboxylic acids is 1. The number of carbonyl (C=O) groups excluding carboxylic acids is 1. The zero-order valence-electron chi connectivity index (χ0n) is 17.5. The molecule has 1 saturated carbocycles. The molecule has 0 aliphatic heterocycles. The summed E-state index contributed by atoms with van der Waals surface area (Å²) in [6.45, 7) is 9.79. The van der Waals surface area contributed by atoms with Crippen LogP contribution in [-0.4, -0.2) is 23.5 Å². The van der Waals surface area contributed by atoms with Gasteiger partial charge in [-0.15, -0.1) is 0 Å². The number of rotatable bonds is 5. The quantitative estimate of drug-likeness (QED) is 0.732. The van der Waals surface area contributed by atoms with Gasteiger partial charge in [0.05, 0.1) is 0 Å². The van der Waals surface area contributed by atoms with Gasteiger partial charge in [0, 0.05) is 18.7 Å². The molecule has 1 aromatic rings. The zero-order valence-corrected chi connectivity index (χ0v) is 17.5. The number of aryl methyl sites for hydroxylation is 1. The summed E-state index contributed by atoms with van der Waals surface area (Å²) in [5.41, 5.74) is 4.57. The fraction of sp³-hybridized carbons (Fsp3) is 0.583. The standard InChI is InChI=1S/C24H33NO3/c1-16(2)17-6-8-19-18(14-17)7-9-20-23(3,12-5-13-24(19,20)4)15-25-21(26)10-11-22(27)28/h6,8,10-11,14,16,20H,5,7,9,12-13,15H2,1-4H3,(H,25,26)(H,27,28)/b11-10+. The summed E-state index contributed by atoms with van der Waals surface area (Å²) in [4.78, 5) is 22.6. The minimum Gasteiger partial charge on any atom is -0.478 e. The molecule has 1 aromatic carbocycles. The molecule has 0 spiro atoms. The fourth-order valence-corrected chi connectivity index (χ4v) is 5.71. The van der Waals surface area contributed by atoms with Gasteiger partial charge in [-0.05, 0) is 65.0 Å². The van der Waals surface area contributed by atoms with Crippen molar-refractivity contribution in [3.05, 3.63) is 47.0 Å². The first kappa shape index (κ1) is 20.6. The van der Waals surface area contributed by atoms with E-state index in [4.69, 9.17) is 5.11 Å². The van der Waals surface area contributed by atoms with Gasteiger partial charge in [-0.3, -0.25) is 4.79 Å². The van der Waals surface area contributed by atoms with Crippen LogP contribution in [0.25, 0.3) is 0 Å². The van der Waals surface area contributed by atoms with E-state index in [1.165, 1.54) is 23.1 Å². The molecule has 1 fully saturated rings. The third-order valence-corrected chi connectivity index (χ3v) is 7.21. The van der Waals surface area contributed by atoms with Crippen LogP contribution in [0.5, 0.6) is 0 Å². The van der Waals surface area contributed by atoms with Crippen LogP contribution in [0.1, 0.15) is 76.0 Å². The van der Waals surface area contributed by atoms with Gasteiger partial charge in [0.2, 0.25) is 5.91 Å². The molecule has 0 bridgehead atoms. The summed E-state index contributed by atoms with van der Waals surface area (Å²) in [6, 6.07) is 7.06. The zero-order chi connectivity index (χ0) is 20.5. The van der Waals surface area contributed by atoms with Crippen molar-refractivity contribution in [3.8, 4) is 0 Å². The lowest BCUT2D eigenvalue weighted by atomic mass is 9.49. The Bertz CT molecular complexity index is 797. The van der Waals surface area contributed by atoms with Gasteiger partial charge < -0.3 is 10.4 Å².